The Balaban J connectivity index is 2.97. The van der Waals surface area contributed by atoms with E-state index < -0.39 is 0 Å². The highest BCUT2D eigenvalue weighted by Gasteiger charge is 2.09. The van der Waals surface area contributed by atoms with Crippen molar-refractivity contribution in [3.05, 3.63) is 28.6 Å². The zero-order valence-electron chi connectivity index (χ0n) is 6.38. The van der Waals surface area contributed by atoms with Gasteiger partial charge in [-0.3, -0.25) is 4.68 Å². The summed E-state index contributed by atoms with van der Waals surface area (Å²) in [7, 11) is 1.77. The first-order valence-electron chi connectivity index (χ1n) is 3.47. The molecule has 0 spiro atoms. The highest BCUT2D eigenvalue weighted by molar-refractivity contribution is 9.10. The molecule has 0 aliphatic rings. The molecule has 0 fully saturated rings. The highest BCUT2D eigenvalue weighted by atomic mass is 79.9. The van der Waals surface area contributed by atoms with Gasteiger partial charge in [-0.2, -0.15) is 5.10 Å². The number of benzene rings is 1. The lowest BCUT2D eigenvalue weighted by Gasteiger charge is -1.90. The molecule has 12 heavy (non-hydrogen) atoms. The molecule has 1 aromatic carbocycles. The molecular formula is C8H6BrFN2. The summed E-state index contributed by atoms with van der Waals surface area (Å²) < 4.78 is 15.5. The van der Waals surface area contributed by atoms with Crippen LogP contribution < -0.4 is 0 Å². The Labute approximate surface area is 77.1 Å². The van der Waals surface area contributed by atoms with Crippen molar-refractivity contribution in [1.82, 2.24) is 9.78 Å². The molecule has 0 unspecified atom stereocenters. The van der Waals surface area contributed by atoms with Crippen molar-refractivity contribution in [1.29, 1.82) is 0 Å². The normalized spacial score (nSPS) is 10.9. The Morgan fingerprint density at radius 3 is 2.92 bits per heavy atom. The zero-order valence-corrected chi connectivity index (χ0v) is 7.97. The molecule has 2 rings (SSSR count). The molecule has 0 saturated carbocycles. The summed E-state index contributed by atoms with van der Waals surface area (Å²) in [6, 6.07) is 4.86. The van der Waals surface area contributed by atoms with Crippen molar-refractivity contribution >= 4 is 26.8 Å². The van der Waals surface area contributed by atoms with Crippen molar-refractivity contribution in [3.63, 3.8) is 0 Å². The first-order valence-corrected chi connectivity index (χ1v) is 4.26. The van der Waals surface area contributed by atoms with Gasteiger partial charge in [0.25, 0.3) is 0 Å². The van der Waals surface area contributed by atoms with Gasteiger partial charge in [-0.1, -0.05) is 6.07 Å². The van der Waals surface area contributed by atoms with E-state index in [1.807, 2.05) is 0 Å². The van der Waals surface area contributed by atoms with Crippen molar-refractivity contribution in [2.75, 3.05) is 0 Å². The number of rotatable bonds is 0. The first kappa shape index (κ1) is 7.73. The van der Waals surface area contributed by atoms with Gasteiger partial charge in [0.2, 0.25) is 0 Å². The lowest BCUT2D eigenvalue weighted by Crippen LogP contribution is -1.88. The van der Waals surface area contributed by atoms with Crippen molar-refractivity contribution < 1.29 is 4.39 Å². The van der Waals surface area contributed by atoms with Crippen molar-refractivity contribution in [3.8, 4) is 0 Å². The fourth-order valence-electron chi connectivity index (χ4n) is 1.17. The summed E-state index contributed by atoms with van der Waals surface area (Å²) in [6.45, 7) is 0. The number of hydrogen-bond donors (Lipinski definition) is 0. The van der Waals surface area contributed by atoms with Crippen LogP contribution in [0.25, 0.3) is 10.9 Å². The van der Waals surface area contributed by atoms with Crippen LogP contribution in [0.15, 0.2) is 22.8 Å². The quantitative estimate of drug-likeness (QED) is 0.678. The number of hydrogen-bond acceptors (Lipinski definition) is 1. The second-order valence-corrected chi connectivity index (χ2v) is 3.30. The molecular weight excluding hydrogens is 223 g/mol. The zero-order chi connectivity index (χ0) is 8.72. The molecule has 0 aliphatic heterocycles. The largest absolute Gasteiger partial charge is 0.260 e. The van der Waals surface area contributed by atoms with Crippen LogP contribution in [0.3, 0.4) is 0 Å². The monoisotopic (exact) mass is 228 g/mol. The maximum absolute atomic E-state index is 13.2. The van der Waals surface area contributed by atoms with Crippen LogP contribution in [0.4, 0.5) is 4.39 Å². The van der Waals surface area contributed by atoms with Gasteiger partial charge in [0.15, 0.2) is 0 Å². The molecule has 4 heteroatoms. The molecule has 62 valence electrons. The molecule has 0 saturated heterocycles. The van der Waals surface area contributed by atoms with Gasteiger partial charge >= 0.3 is 0 Å². The summed E-state index contributed by atoms with van der Waals surface area (Å²) >= 11 is 3.26. The van der Waals surface area contributed by atoms with Gasteiger partial charge in [0, 0.05) is 7.05 Å². The van der Waals surface area contributed by atoms with Gasteiger partial charge < -0.3 is 0 Å². The van der Waals surface area contributed by atoms with Crippen molar-refractivity contribution in [2.45, 2.75) is 0 Å². The van der Waals surface area contributed by atoms with E-state index in [1.165, 1.54) is 6.07 Å². The van der Waals surface area contributed by atoms with E-state index in [0.29, 0.717) is 15.5 Å². The first-order chi connectivity index (χ1) is 5.70. The second-order valence-electron chi connectivity index (χ2n) is 2.55. The SMILES string of the molecule is Cn1nc2cccc(F)c2c1Br. The standard InChI is InChI=1S/C8H6BrFN2/c1-12-8(9)7-5(10)3-2-4-6(7)11-12/h2-4H,1H3. The number of aromatic nitrogens is 2. The summed E-state index contributed by atoms with van der Waals surface area (Å²) in [5, 5.41) is 4.64. The van der Waals surface area contributed by atoms with Gasteiger partial charge in [-0.15, -0.1) is 0 Å². The Bertz CT molecular complexity index is 436. The molecule has 2 aromatic rings. The average molecular weight is 229 g/mol. The second kappa shape index (κ2) is 2.55. The van der Waals surface area contributed by atoms with E-state index in [9.17, 15) is 4.39 Å². The third-order valence-corrected chi connectivity index (χ3v) is 2.65. The third-order valence-electron chi connectivity index (χ3n) is 1.74. The molecule has 1 heterocycles. The number of aryl methyl sites for hydroxylation is 1. The Kier molecular flexibility index (Phi) is 1.65. The highest BCUT2D eigenvalue weighted by Crippen LogP contribution is 2.24. The van der Waals surface area contributed by atoms with Crippen LogP contribution in [0.5, 0.6) is 0 Å². The average Bonchev–Trinajstić information content (AvgIpc) is 2.29. The van der Waals surface area contributed by atoms with Crippen LogP contribution in [0.1, 0.15) is 0 Å². The van der Waals surface area contributed by atoms with E-state index in [2.05, 4.69) is 21.0 Å². The minimum Gasteiger partial charge on any atom is -0.260 e. The minimum atomic E-state index is -0.243. The summed E-state index contributed by atoms with van der Waals surface area (Å²) in [4.78, 5) is 0. The summed E-state index contributed by atoms with van der Waals surface area (Å²) in [5.41, 5.74) is 0.671. The lowest BCUT2D eigenvalue weighted by atomic mass is 10.2. The van der Waals surface area contributed by atoms with Crippen LogP contribution >= 0.6 is 15.9 Å². The number of fused-ring (bicyclic) bond motifs is 1. The Morgan fingerprint density at radius 1 is 1.50 bits per heavy atom. The fourth-order valence-corrected chi connectivity index (χ4v) is 1.64. The summed E-state index contributed by atoms with van der Waals surface area (Å²) in [6.07, 6.45) is 0. The lowest BCUT2D eigenvalue weighted by molar-refractivity contribution is 0.638. The van der Waals surface area contributed by atoms with Crippen LogP contribution in [0.2, 0.25) is 0 Å². The Hall–Kier alpha value is -0.900. The summed E-state index contributed by atoms with van der Waals surface area (Å²) in [5.74, 6) is -0.243. The fraction of sp³-hybridized carbons (Fsp3) is 0.125. The van der Waals surface area contributed by atoms with Gasteiger partial charge in [0.05, 0.1) is 10.9 Å². The molecule has 2 nitrogen and oxygen atoms in total. The molecule has 0 amide bonds. The number of halogens is 2. The molecule has 0 atom stereocenters. The predicted octanol–water partition coefficient (Wildman–Crippen LogP) is 2.47. The molecule has 0 aliphatic carbocycles. The topological polar surface area (TPSA) is 17.8 Å². The predicted molar refractivity (Wildman–Crippen MR) is 48.4 cm³/mol. The van der Waals surface area contributed by atoms with Gasteiger partial charge in [0.1, 0.15) is 10.4 Å². The van der Waals surface area contributed by atoms with Gasteiger partial charge in [-0.05, 0) is 28.1 Å². The molecule has 0 bridgehead atoms. The molecule has 1 aromatic heterocycles. The smallest absolute Gasteiger partial charge is 0.135 e. The minimum absolute atomic E-state index is 0.243. The molecule has 0 radical (unpaired) electrons. The third kappa shape index (κ3) is 0.948. The van der Waals surface area contributed by atoms with Crippen LogP contribution in [-0.4, -0.2) is 9.78 Å². The van der Waals surface area contributed by atoms with Crippen LogP contribution in [-0.2, 0) is 7.05 Å². The van der Waals surface area contributed by atoms with Gasteiger partial charge in [-0.25, -0.2) is 4.39 Å². The van der Waals surface area contributed by atoms with E-state index in [1.54, 1.807) is 23.9 Å². The maximum atomic E-state index is 13.2. The Morgan fingerprint density at radius 2 is 2.25 bits per heavy atom. The molecule has 0 N–H and O–H groups in total. The maximum Gasteiger partial charge on any atom is 0.135 e. The number of nitrogens with zero attached hydrogens (tertiary/aromatic N) is 2. The van der Waals surface area contributed by atoms with E-state index in [0.717, 1.165) is 0 Å². The van der Waals surface area contributed by atoms with Crippen molar-refractivity contribution in [2.24, 2.45) is 7.05 Å². The van der Waals surface area contributed by atoms with Crippen LogP contribution in [0, 0.1) is 5.82 Å². The van der Waals surface area contributed by atoms with E-state index in [-0.39, 0.29) is 5.82 Å². The van der Waals surface area contributed by atoms with E-state index in [4.69, 9.17) is 0 Å². The van der Waals surface area contributed by atoms with E-state index >= 15 is 0 Å².